The molecule has 1 heteroatoms. The first kappa shape index (κ1) is 8.54. The lowest BCUT2D eigenvalue weighted by atomic mass is 9.92. The highest BCUT2D eigenvalue weighted by Gasteiger charge is 2.18. The molecule has 0 spiro atoms. The van der Waals surface area contributed by atoms with Crippen molar-refractivity contribution in [3.63, 3.8) is 0 Å². The van der Waals surface area contributed by atoms with Crippen molar-refractivity contribution in [1.82, 2.24) is 0 Å². The summed E-state index contributed by atoms with van der Waals surface area (Å²) in [6.45, 7) is 3.63. The van der Waals surface area contributed by atoms with Crippen LogP contribution >= 0.6 is 0 Å². The zero-order valence-corrected chi connectivity index (χ0v) is 6.92. The molecule has 0 aromatic carbocycles. The van der Waals surface area contributed by atoms with Crippen LogP contribution in [0.15, 0.2) is 24.8 Å². The second-order valence-corrected chi connectivity index (χ2v) is 3.20. The SMILES string of the molecule is C=CC1(O)/C=C\CCCCC1. The van der Waals surface area contributed by atoms with E-state index < -0.39 is 5.60 Å². The number of aliphatic hydroxyl groups is 1. The van der Waals surface area contributed by atoms with E-state index in [9.17, 15) is 5.11 Å². The lowest BCUT2D eigenvalue weighted by molar-refractivity contribution is 0.127. The minimum absolute atomic E-state index is 0.722. The normalized spacial score (nSPS) is 35.4. The molecule has 0 saturated heterocycles. The van der Waals surface area contributed by atoms with Gasteiger partial charge in [-0.25, -0.2) is 0 Å². The molecule has 0 radical (unpaired) electrons. The van der Waals surface area contributed by atoms with Crippen molar-refractivity contribution in [2.75, 3.05) is 0 Å². The molecule has 0 aromatic heterocycles. The molecule has 1 unspecified atom stereocenters. The molecular weight excluding hydrogens is 136 g/mol. The van der Waals surface area contributed by atoms with Crippen molar-refractivity contribution >= 4 is 0 Å². The Morgan fingerprint density at radius 1 is 1.36 bits per heavy atom. The second-order valence-electron chi connectivity index (χ2n) is 3.20. The van der Waals surface area contributed by atoms with Gasteiger partial charge >= 0.3 is 0 Å². The van der Waals surface area contributed by atoms with E-state index in [1.54, 1.807) is 6.08 Å². The Morgan fingerprint density at radius 2 is 2.18 bits per heavy atom. The van der Waals surface area contributed by atoms with Crippen LogP contribution in [0.25, 0.3) is 0 Å². The Bertz CT molecular complexity index is 160. The lowest BCUT2D eigenvalue weighted by Crippen LogP contribution is -2.22. The van der Waals surface area contributed by atoms with Gasteiger partial charge in [-0.15, -0.1) is 0 Å². The van der Waals surface area contributed by atoms with Crippen molar-refractivity contribution in [1.29, 1.82) is 0 Å². The van der Waals surface area contributed by atoms with Gasteiger partial charge in [-0.3, -0.25) is 0 Å². The van der Waals surface area contributed by atoms with Crippen molar-refractivity contribution in [2.24, 2.45) is 0 Å². The molecule has 62 valence electrons. The van der Waals surface area contributed by atoms with Gasteiger partial charge in [0.1, 0.15) is 5.60 Å². The molecule has 0 aliphatic heterocycles. The van der Waals surface area contributed by atoms with Gasteiger partial charge in [0.2, 0.25) is 0 Å². The van der Waals surface area contributed by atoms with E-state index in [0.29, 0.717) is 0 Å². The van der Waals surface area contributed by atoms with Crippen LogP contribution in [0.3, 0.4) is 0 Å². The van der Waals surface area contributed by atoms with Crippen LogP contribution in [0.2, 0.25) is 0 Å². The summed E-state index contributed by atoms with van der Waals surface area (Å²) in [7, 11) is 0. The molecule has 0 bridgehead atoms. The second kappa shape index (κ2) is 3.72. The highest BCUT2D eigenvalue weighted by molar-refractivity contribution is 5.11. The maximum Gasteiger partial charge on any atom is 0.101 e. The zero-order chi connectivity index (χ0) is 8.16. The first-order valence-corrected chi connectivity index (χ1v) is 4.30. The zero-order valence-electron chi connectivity index (χ0n) is 6.92. The Morgan fingerprint density at radius 3 is 2.91 bits per heavy atom. The fraction of sp³-hybridized carbons (Fsp3) is 0.600. The molecule has 1 aliphatic rings. The first-order valence-electron chi connectivity index (χ1n) is 4.30. The maximum atomic E-state index is 9.78. The largest absolute Gasteiger partial charge is 0.382 e. The summed E-state index contributed by atoms with van der Waals surface area (Å²) in [6, 6.07) is 0. The summed E-state index contributed by atoms with van der Waals surface area (Å²) in [4.78, 5) is 0. The van der Waals surface area contributed by atoms with Crippen LogP contribution in [0.5, 0.6) is 0 Å². The van der Waals surface area contributed by atoms with Crippen LogP contribution in [-0.2, 0) is 0 Å². The van der Waals surface area contributed by atoms with E-state index in [4.69, 9.17) is 0 Å². The van der Waals surface area contributed by atoms with Gasteiger partial charge in [-0.2, -0.15) is 0 Å². The van der Waals surface area contributed by atoms with Crippen LogP contribution < -0.4 is 0 Å². The summed E-state index contributed by atoms with van der Waals surface area (Å²) in [5.74, 6) is 0. The predicted molar refractivity (Wildman–Crippen MR) is 47.4 cm³/mol. The minimum atomic E-state index is -0.722. The smallest absolute Gasteiger partial charge is 0.101 e. The third-order valence-corrected chi connectivity index (χ3v) is 2.21. The fourth-order valence-corrected chi connectivity index (χ4v) is 1.39. The highest BCUT2D eigenvalue weighted by atomic mass is 16.3. The average Bonchev–Trinajstić information content (AvgIpc) is 1.98. The van der Waals surface area contributed by atoms with E-state index in [-0.39, 0.29) is 0 Å². The maximum absolute atomic E-state index is 9.78. The highest BCUT2D eigenvalue weighted by Crippen LogP contribution is 2.21. The van der Waals surface area contributed by atoms with E-state index in [2.05, 4.69) is 12.7 Å². The summed E-state index contributed by atoms with van der Waals surface area (Å²) in [5.41, 5.74) is -0.722. The Labute approximate surface area is 68.4 Å². The molecule has 0 heterocycles. The van der Waals surface area contributed by atoms with Gasteiger partial charge in [-0.1, -0.05) is 31.2 Å². The lowest BCUT2D eigenvalue weighted by Gasteiger charge is -2.21. The van der Waals surface area contributed by atoms with Crippen molar-refractivity contribution in [3.8, 4) is 0 Å². The van der Waals surface area contributed by atoms with Gasteiger partial charge in [0.15, 0.2) is 0 Å². The monoisotopic (exact) mass is 152 g/mol. The topological polar surface area (TPSA) is 20.2 Å². The van der Waals surface area contributed by atoms with Crippen LogP contribution in [-0.4, -0.2) is 10.7 Å². The average molecular weight is 152 g/mol. The molecule has 1 nitrogen and oxygen atoms in total. The quantitative estimate of drug-likeness (QED) is 0.572. The van der Waals surface area contributed by atoms with Gasteiger partial charge < -0.3 is 5.11 Å². The van der Waals surface area contributed by atoms with Gasteiger partial charge in [-0.05, 0) is 25.7 Å². The van der Waals surface area contributed by atoms with Gasteiger partial charge in [0.05, 0.1) is 0 Å². The molecular formula is C10H16O. The number of hydrogen-bond donors (Lipinski definition) is 1. The molecule has 0 aromatic rings. The molecule has 0 saturated carbocycles. The Balaban J connectivity index is 2.61. The number of hydrogen-bond acceptors (Lipinski definition) is 1. The molecule has 0 fully saturated rings. The summed E-state index contributed by atoms with van der Waals surface area (Å²) in [5, 5.41) is 9.78. The van der Waals surface area contributed by atoms with E-state index in [0.717, 1.165) is 19.3 Å². The molecule has 1 N–H and O–H groups in total. The van der Waals surface area contributed by atoms with Crippen molar-refractivity contribution in [3.05, 3.63) is 24.8 Å². The molecule has 1 aliphatic carbocycles. The third kappa shape index (κ3) is 2.51. The fourth-order valence-electron chi connectivity index (χ4n) is 1.39. The minimum Gasteiger partial charge on any atom is -0.382 e. The van der Waals surface area contributed by atoms with E-state index >= 15 is 0 Å². The van der Waals surface area contributed by atoms with E-state index in [1.807, 2.05) is 6.08 Å². The summed E-state index contributed by atoms with van der Waals surface area (Å²) in [6.07, 6.45) is 11.1. The Kier molecular flexibility index (Phi) is 2.89. The predicted octanol–water partition coefficient (Wildman–Crippen LogP) is 2.42. The van der Waals surface area contributed by atoms with E-state index in [1.165, 1.54) is 12.8 Å². The molecule has 11 heavy (non-hydrogen) atoms. The van der Waals surface area contributed by atoms with Crippen molar-refractivity contribution in [2.45, 2.75) is 37.7 Å². The van der Waals surface area contributed by atoms with Crippen LogP contribution in [0.1, 0.15) is 32.1 Å². The molecule has 1 rings (SSSR count). The first-order chi connectivity index (χ1) is 5.27. The summed E-state index contributed by atoms with van der Waals surface area (Å²) < 4.78 is 0. The van der Waals surface area contributed by atoms with Gasteiger partial charge in [0, 0.05) is 0 Å². The van der Waals surface area contributed by atoms with Crippen LogP contribution in [0, 0.1) is 0 Å². The Hall–Kier alpha value is -0.560. The van der Waals surface area contributed by atoms with Crippen LogP contribution in [0.4, 0.5) is 0 Å². The standard InChI is InChI=1S/C10H16O/c1-2-10(11)8-6-4-3-5-7-9-10/h2,6,8,11H,1,3-5,7,9H2/b8-6-. The molecule has 1 atom stereocenters. The van der Waals surface area contributed by atoms with Gasteiger partial charge in [0.25, 0.3) is 0 Å². The third-order valence-electron chi connectivity index (χ3n) is 2.21. The molecule has 0 amide bonds. The number of allylic oxidation sites excluding steroid dienone is 1. The summed E-state index contributed by atoms with van der Waals surface area (Å²) >= 11 is 0. The number of rotatable bonds is 1. The van der Waals surface area contributed by atoms with Crippen molar-refractivity contribution < 1.29 is 5.11 Å².